The van der Waals surface area contributed by atoms with Gasteiger partial charge in [0, 0.05) is 43.4 Å². The molecule has 3 aromatic rings. The number of esters is 1. The molecule has 2 aliphatic rings. The van der Waals surface area contributed by atoms with E-state index in [0.717, 1.165) is 60.5 Å². The van der Waals surface area contributed by atoms with E-state index in [0.29, 0.717) is 24.3 Å². The molecule has 1 N–H and O–H groups in total. The second kappa shape index (κ2) is 9.92. The minimum atomic E-state index is -0.339. The summed E-state index contributed by atoms with van der Waals surface area (Å²) < 4.78 is 12.1. The van der Waals surface area contributed by atoms with E-state index in [9.17, 15) is 9.59 Å². The van der Waals surface area contributed by atoms with Gasteiger partial charge in [-0.1, -0.05) is 24.3 Å². The third-order valence-electron chi connectivity index (χ3n) is 6.59. The summed E-state index contributed by atoms with van der Waals surface area (Å²) in [7, 11) is 3.04. The van der Waals surface area contributed by atoms with Crippen molar-refractivity contribution in [3.8, 4) is 5.75 Å². The van der Waals surface area contributed by atoms with Crippen LogP contribution in [0.2, 0.25) is 0 Å². The molecule has 1 fully saturated rings. The van der Waals surface area contributed by atoms with Crippen LogP contribution in [0.4, 0.5) is 0 Å². The minimum Gasteiger partial charge on any atom is -0.497 e. The summed E-state index contributed by atoms with van der Waals surface area (Å²) in [5, 5.41) is 7.90. The van der Waals surface area contributed by atoms with Crippen LogP contribution in [0.5, 0.6) is 5.75 Å². The standard InChI is InChI=1S/C27H30N4O4/c1-34-22-5-3-4-19(14-22)16-31-24-12-13-30(15-18-6-8-20(9-7-18)27(33)35-2)17-23(24)25(29-31)26(32)28-21-10-11-21/h3-9,14,21H,10-13,15-17H2,1-2H3,(H,28,32). The normalized spacial score (nSPS) is 15.4. The van der Waals surface area contributed by atoms with Gasteiger partial charge in [-0.25, -0.2) is 4.79 Å². The van der Waals surface area contributed by atoms with E-state index in [-0.39, 0.29) is 17.9 Å². The first kappa shape index (κ1) is 23.1. The molecular weight excluding hydrogens is 444 g/mol. The highest BCUT2D eigenvalue weighted by molar-refractivity contribution is 5.94. The van der Waals surface area contributed by atoms with Gasteiger partial charge in [-0.3, -0.25) is 14.4 Å². The van der Waals surface area contributed by atoms with Crippen molar-refractivity contribution < 1.29 is 19.1 Å². The molecule has 0 radical (unpaired) electrons. The van der Waals surface area contributed by atoms with Crippen molar-refractivity contribution >= 4 is 11.9 Å². The Balaban J connectivity index is 1.37. The fourth-order valence-electron chi connectivity index (χ4n) is 4.54. The summed E-state index contributed by atoms with van der Waals surface area (Å²) in [6.07, 6.45) is 2.88. The number of hydrogen-bond acceptors (Lipinski definition) is 6. The molecule has 1 aromatic heterocycles. The number of carbonyl (C=O) groups excluding carboxylic acids is 2. The molecule has 8 nitrogen and oxygen atoms in total. The lowest BCUT2D eigenvalue weighted by Crippen LogP contribution is -2.32. The first-order valence-corrected chi connectivity index (χ1v) is 12.0. The van der Waals surface area contributed by atoms with Crippen LogP contribution in [0.1, 0.15) is 56.1 Å². The Morgan fingerprint density at radius 2 is 1.86 bits per heavy atom. The number of rotatable bonds is 8. The molecule has 2 aromatic carbocycles. The van der Waals surface area contributed by atoms with Crippen LogP contribution in [0.25, 0.3) is 0 Å². The van der Waals surface area contributed by atoms with Gasteiger partial charge in [0.25, 0.3) is 5.91 Å². The van der Waals surface area contributed by atoms with E-state index in [1.807, 2.05) is 41.1 Å². The first-order valence-electron chi connectivity index (χ1n) is 12.0. The molecule has 182 valence electrons. The summed E-state index contributed by atoms with van der Waals surface area (Å²) in [6.45, 7) is 2.83. The van der Waals surface area contributed by atoms with Crippen LogP contribution in [0.3, 0.4) is 0 Å². The fraction of sp³-hybridized carbons (Fsp3) is 0.370. The van der Waals surface area contributed by atoms with Gasteiger partial charge in [0.05, 0.1) is 26.3 Å². The molecule has 0 spiro atoms. The SMILES string of the molecule is COC(=O)c1ccc(CN2CCc3c(c(C(=O)NC4CC4)nn3Cc3cccc(OC)c3)C2)cc1. The van der Waals surface area contributed by atoms with Crippen LogP contribution in [0, 0.1) is 0 Å². The van der Waals surface area contributed by atoms with Crippen LogP contribution in [0.15, 0.2) is 48.5 Å². The predicted molar refractivity (Wildman–Crippen MR) is 130 cm³/mol. The van der Waals surface area contributed by atoms with Gasteiger partial charge < -0.3 is 14.8 Å². The van der Waals surface area contributed by atoms with E-state index >= 15 is 0 Å². The molecule has 1 aliphatic carbocycles. The van der Waals surface area contributed by atoms with Gasteiger partial charge in [-0.05, 0) is 48.2 Å². The molecule has 0 saturated heterocycles. The monoisotopic (exact) mass is 474 g/mol. The van der Waals surface area contributed by atoms with E-state index in [4.69, 9.17) is 14.6 Å². The van der Waals surface area contributed by atoms with Crippen molar-refractivity contribution in [2.45, 2.75) is 44.9 Å². The smallest absolute Gasteiger partial charge is 0.337 e. The van der Waals surface area contributed by atoms with Gasteiger partial charge in [0.1, 0.15) is 5.75 Å². The second-order valence-electron chi connectivity index (χ2n) is 9.18. The molecule has 0 unspecified atom stereocenters. The Kier molecular flexibility index (Phi) is 6.55. The minimum absolute atomic E-state index is 0.0857. The van der Waals surface area contributed by atoms with Crippen LogP contribution in [-0.4, -0.2) is 53.4 Å². The molecule has 1 amide bonds. The quantitative estimate of drug-likeness (QED) is 0.505. The summed E-state index contributed by atoms with van der Waals surface area (Å²) in [4.78, 5) is 27.1. The Morgan fingerprint density at radius 3 is 2.57 bits per heavy atom. The van der Waals surface area contributed by atoms with Crippen molar-refractivity contribution in [3.05, 3.63) is 82.2 Å². The number of carbonyl (C=O) groups is 2. The van der Waals surface area contributed by atoms with Crippen molar-refractivity contribution in [2.75, 3.05) is 20.8 Å². The molecule has 1 saturated carbocycles. The second-order valence-corrected chi connectivity index (χ2v) is 9.18. The number of hydrogen-bond donors (Lipinski definition) is 1. The summed E-state index contributed by atoms with van der Waals surface area (Å²) in [5.74, 6) is 0.381. The maximum absolute atomic E-state index is 13.1. The number of fused-ring (bicyclic) bond motifs is 1. The number of nitrogens with one attached hydrogen (secondary N) is 1. The Hall–Kier alpha value is -3.65. The van der Waals surface area contributed by atoms with E-state index < -0.39 is 0 Å². The van der Waals surface area contributed by atoms with Crippen LogP contribution >= 0.6 is 0 Å². The zero-order valence-electron chi connectivity index (χ0n) is 20.1. The average Bonchev–Trinajstić information content (AvgIpc) is 3.63. The number of nitrogens with zero attached hydrogens (tertiary/aromatic N) is 3. The predicted octanol–water partition coefficient (Wildman–Crippen LogP) is 3.18. The maximum Gasteiger partial charge on any atom is 0.337 e. The van der Waals surface area contributed by atoms with Gasteiger partial charge in [-0.2, -0.15) is 5.10 Å². The average molecular weight is 475 g/mol. The largest absolute Gasteiger partial charge is 0.497 e. The summed E-state index contributed by atoms with van der Waals surface area (Å²) >= 11 is 0. The lowest BCUT2D eigenvalue weighted by atomic mass is 10.0. The number of amides is 1. The van der Waals surface area contributed by atoms with Crippen molar-refractivity contribution in [1.82, 2.24) is 20.0 Å². The van der Waals surface area contributed by atoms with Gasteiger partial charge in [0.2, 0.25) is 0 Å². The topological polar surface area (TPSA) is 85.7 Å². The van der Waals surface area contributed by atoms with Crippen LogP contribution in [-0.2, 0) is 30.8 Å². The number of aromatic nitrogens is 2. The first-order chi connectivity index (χ1) is 17.0. The van der Waals surface area contributed by atoms with Gasteiger partial charge >= 0.3 is 5.97 Å². The maximum atomic E-state index is 13.1. The Bertz CT molecular complexity index is 1230. The van der Waals surface area contributed by atoms with Gasteiger partial charge in [0.15, 0.2) is 5.69 Å². The van der Waals surface area contributed by atoms with Crippen LogP contribution < -0.4 is 10.1 Å². The van der Waals surface area contributed by atoms with Gasteiger partial charge in [-0.15, -0.1) is 0 Å². The number of methoxy groups -OCH3 is 2. The molecule has 0 bridgehead atoms. The Morgan fingerprint density at radius 1 is 1.06 bits per heavy atom. The summed E-state index contributed by atoms with van der Waals surface area (Å²) in [5.41, 5.74) is 5.37. The van der Waals surface area contributed by atoms with E-state index in [1.165, 1.54) is 7.11 Å². The zero-order chi connectivity index (χ0) is 24.4. The molecule has 8 heteroatoms. The molecule has 5 rings (SSSR count). The lowest BCUT2D eigenvalue weighted by Gasteiger charge is -2.28. The Labute approximate surface area is 204 Å². The highest BCUT2D eigenvalue weighted by atomic mass is 16.5. The van der Waals surface area contributed by atoms with Crippen molar-refractivity contribution in [2.24, 2.45) is 0 Å². The molecule has 0 atom stereocenters. The highest BCUT2D eigenvalue weighted by Gasteiger charge is 2.31. The molecular formula is C27H30N4O4. The van der Waals surface area contributed by atoms with E-state index in [2.05, 4.69) is 10.2 Å². The molecule has 1 aliphatic heterocycles. The highest BCUT2D eigenvalue weighted by Crippen LogP contribution is 2.27. The van der Waals surface area contributed by atoms with Crippen molar-refractivity contribution in [1.29, 1.82) is 0 Å². The van der Waals surface area contributed by atoms with E-state index in [1.54, 1.807) is 19.2 Å². The third kappa shape index (κ3) is 5.22. The summed E-state index contributed by atoms with van der Waals surface area (Å²) in [6, 6.07) is 15.7. The zero-order valence-corrected chi connectivity index (χ0v) is 20.1. The molecule has 35 heavy (non-hydrogen) atoms. The lowest BCUT2D eigenvalue weighted by molar-refractivity contribution is 0.0600. The molecule has 2 heterocycles. The fourth-order valence-corrected chi connectivity index (χ4v) is 4.54. The number of ether oxygens (including phenoxy) is 2. The number of benzene rings is 2. The third-order valence-corrected chi connectivity index (χ3v) is 6.59. The van der Waals surface area contributed by atoms with Crippen molar-refractivity contribution in [3.63, 3.8) is 0 Å².